The zero-order valence-corrected chi connectivity index (χ0v) is 8.20. The minimum Gasteiger partial charge on any atom is -0.450 e. The molecule has 0 unspecified atom stereocenters. The van der Waals surface area contributed by atoms with Crippen molar-refractivity contribution < 1.29 is 9.53 Å². The van der Waals surface area contributed by atoms with Crippen molar-refractivity contribution in [1.82, 2.24) is 4.98 Å². The maximum atomic E-state index is 11.0. The lowest BCUT2D eigenvalue weighted by atomic mass is 10.2. The zero-order valence-electron chi connectivity index (χ0n) is 8.20. The van der Waals surface area contributed by atoms with Crippen LogP contribution in [0.2, 0.25) is 0 Å². The number of ether oxygens (including phenoxy) is 1. The molecule has 5 nitrogen and oxygen atoms in total. The molecule has 0 spiro atoms. The summed E-state index contributed by atoms with van der Waals surface area (Å²) in [6.07, 6.45) is 0.987. The minimum atomic E-state index is -0.510. The third-order valence-corrected chi connectivity index (χ3v) is 1.66. The van der Waals surface area contributed by atoms with Gasteiger partial charge in [0.25, 0.3) is 0 Å². The molecule has 0 aliphatic rings. The molecule has 0 saturated heterocycles. The van der Waals surface area contributed by atoms with Crippen LogP contribution in [0.4, 0.5) is 16.3 Å². The van der Waals surface area contributed by atoms with Crippen LogP contribution in [0.25, 0.3) is 0 Å². The molecule has 0 aliphatic heterocycles. The normalized spacial score (nSPS) is 9.57. The predicted octanol–water partition coefficient (Wildman–Crippen LogP) is 1.54. The summed E-state index contributed by atoms with van der Waals surface area (Å²) in [5.41, 5.74) is 7.04. The summed E-state index contributed by atoms with van der Waals surface area (Å²) in [5, 5.41) is 2.48. The van der Waals surface area contributed by atoms with E-state index in [9.17, 15) is 4.79 Å². The lowest BCUT2D eigenvalue weighted by molar-refractivity contribution is 0.168. The molecule has 14 heavy (non-hydrogen) atoms. The molecule has 0 aliphatic carbocycles. The van der Waals surface area contributed by atoms with Gasteiger partial charge in [0.2, 0.25) is 0 Å². The van der Waals surface area contributed by atoms with Crippen molar-refractivity contribution in [2.45, 2.75) is 13.8 Å². The molecular formula is C9H13N3O2. The Morgan fingerprint density at radius 2 is 2.43 bits per heavy atom. The third kappa shape index (κ3) is 2.62. The van der Waals surface area contributed by atoms with Gasteiger partial charge in [0, 0.05) is 0 Å². The van der Waals surface area contributed by atoms with E-state index in [0.29, 0.717) is 18.1 Å². The summed E-state index contributed by atoms with van der Waals surface area (Å²) in [6.45, 7) is 3.91. The van der Waals surface area contributed by atoms with Gasteiger partial charge < -0.3 is 10.5 Å². The first kappa shape index (κ1) is 10.3. The van der Waals surface area contributed by atoms with Gasteiger partial charge in [-0.25, -0.2) is 9.78 Å². The van der Waals surface area contributed by atoms with Crippen molar-refractivity contribution in [2.75, 3.05) is 17.7 Å². The van der Waals surface area contributed by atoms with E-state index in [-0.39, 0.29) is 0 Å². The number of nitrogen functional groups attached to an aromatic ring is 1. The van der Waals surface area contributed by atoms with Crippen LogP contribution < -0.4 is 11.1 Å². The molecule has 1 rings (SSSR count). The van der Waals surface area contributed by atoms with Gasteiger partial charge in [0.1, 0.15) is 5.82 Å². The van der Waals surface area contributed by atoms with Crippen LogP contribution in [0.15, 0.2) is 12.3 Å². The number of pyridine rings is 1. The molecule has 0 fully saturated rings. The number of hydrogen-bond acceptors (Lipinski definition) is 4. The van der Waals surface area contributed by atoms with Crippen molar-refractivity contribution in [3.8, 4) is 0 Å². The largest absolute Gasteiger partial charge is 0.450 e. The average Bonchev–Trinajstić information content (AvgIpc) is 2.12. The van der Waals surface area contributed by atoms with Crippen LogP contribution in [-0.4, -0.2) is 17.7 Å². The van der Waals surface area contributed by atoms with Crippen LogP contribution in [0, 0.1) is 6.92 Å². The molecule has 1 heterocycles. The molecule has 0 radical (unpaired) electrons. The van der Waals surface area contributed by atoms with Crippen molar-refractivity contribution >= 4 is 17.6 Å². The number of rotatable bonds is 2. The van der Waals surface area contributed by atoms with Crippen LogP contribution in [0.1, 0.15) is 12.5 Å². The molecular weight excluding hydrogens is 182 g/mol. The Labute approximate surface area is 82.3 Å². The number of carbonyl (C=O) groups excluding carboxylic acids is 1. The maximum Gasteiger partial charge on any atom is 0.412 e. The summed E-state index contributed by atoms with van der Waals surface area (Å²) < 4.78 is 4.69. The van der Waals surface area contributed by atoms with E-state index in [1.54, 1.807) is 13.0 Å². The molecule has 1 aromatic rings. The van der Waals surface area contributed by atoms with Gasteiger partial charge in [-0.15, -0.1) is 0 Å². The molecule has 0 atom stereocenters. The Bertz CT molecular complexity index is 339. The second kappa shape index (κ2) is 4.45. The second-order valence-electron chi connectivity index (χ2n) is 2.77. The van der Waals surface area contributed by atoms with Gasteiger partial charge in [-0.1, -0.05) is 0 Å². The molecule has 0 bridgehead atoms. The quantitative estimate of drug-likeness (QED) is 0.750. The maximum absolute atomic E-state index is 11.0. The smallest absolute Gasteiger partial charge is 0.412 e. The molecule has 5 heteroatoms. The van der Waals surface area contributed by atoms with Crippen molar-refractivity contribution in [3.63, 3.8) is 0 Å². The van der Waals surface area contributed by atoms with Crippen LogP contribution in [-0.2, 0) is 4.74 Å². The van der Waals surface area contributed by atoms with Crippen molar-refractivity contribution in [2.24, 2.45) is 0 Å². The minimum absolute atomic E-state index is 0.333. The fourth-order valence-corrected chi connectivity index (χ4v) is 0.907. The number of nitrogens with one attached hydrogen (secondary N) is 1. The van der Waals surface area contributed by atoms with Crippen molar-refractivity contribution in [3.05, 3.63) is 17.8 Å². The zero-order chi connectivity index (χ0) is 10.6. The Balaban J connectivity index is 2.68. The molecule has 3 N–H and O–H groups in total. The average molecular weight is 195 g/mol. The van der Waals surface area contributed by atoms with E-state index >= 15 is 0 Å². The highest BCUT2D eigenvalue weighted by Crippen LogP contribution is 2.12. The monoisotopic (exact) mass is 195 g/mol. The third-order valence-electron chi connectivity index (χ3n) is 1.66. The molecule has 0 aromatic carbocycles. The predicted molar refractivity (Wildman–Crippen MR) is 54.0 cm³/mol. The number of carbonyl (C=O) groups is 1. The highest BCUT2D eigenvalue weighted by Gasteiger charge is 2.03. The Morgan fingerprint density at radius 1 is 1.71 bits per heavy atom. The highest BCUT2D eigenvalue weighted by molar-refractivity contribution is 5.83. The summed E-state index contributed by atoms with van der Waals surface area (Å²) >= 11 is 0. The first-order valence-corrected chi connectivity index (χ1v) is 4.29. The lowest BCUT2D eigenvalue weighted by Crippen LogP contribution is -2.14. The highest BCUT2D eigenvalue weighted by atomic mass is 16.5. The van der Waals surface area contributed by atoms with E-state index in [4.69, 9.17) is 10.5 Å². The molecule has 1 aromatic heterocycles. The van der Waals surface area contributed by atoms with Gasteiger partial charge in [0.05, 0.1) is 18.5 Å². The van der Waals surface area contributed by atoms with Crippen molar-refractivity contribution in [1.29, 1.82) is 0 Å². The van der Waals surface area contributed by atoms with Gasteiger partial charge in [-0.2, -0.15) is 0 Å². The van der Waals surface area contributed by atoms with Gasteiger partial charge in [-0.05, 0) is 25.5 Å². The summed E-state index contributed by atoms with van der Waals surface area (Å²) in [7, 11) is 0. The second-order valence-corrected chi connectivity index (χ2v) is 2.77. The number of amides is 1. The number of aryl methyl sites for hydroxylation is 1. The Hall–Kier alpha value is -1.78. The van der Waals surface area contributed by atoms with Gasteiger partial charge in [-0.3, -0.25) is 5.32 Å². The summed E-state index contributed by atoms with van der Waals surface area (Å²) in [4.78, 5) is 14.9. The number of anilines is 2. The van der Waals surface area contributed by atoms with Crippen LogP contribution >= 0.6 is 0 Å². The first-order valence-electron chi connectivity index (χ1n) is 4.29. The topological polar surface area (TPSA) is 77.2 Å². The molecule has 1 amide bonds. The van der Waals surface area contributed by atoms with E-state index in [1.165, 1.54) is 6.20 Å². The summed E-state index contributed by atoms with van der Waals surface area (Å²) in [6, 6.07) is 1.69. The van der Waals surface area contributed by atoms with E-state index in [1.807, 2.05) is 6.92 Å². The molecule has 76 valence electrons. The van der Waals surface area contributed by atoms with E-state index in [2.05, 4.69) is 10.3 Å². The molecule has 0 saturated carbocycles. The number of hydrogen-bond donors (Lipinski definition) is 2. The number of nitrogens with two attached hydrogens (primary N) is 1. The first-order chi connectivity index (χ1) is 6.63. The standard InChI is InChI=1S/C9H13N3O2/c1-3-14-9(13)12-8-4-6(2)7(10)5-11-8/h4-5H,3,10H2,1-2H3,(H,11,12,13). The van der Waals surface area contributed by atoms with Gasteiger partial charge >= 0.3 is 6.09 Å². The van der Waals surface area contributed by atoms with Gasteiger partial charge in [0.15, 0.2) is 0 Å². The number of nitrogens with zero attached hydrogens (tertiary/aromatic N) is 1. The van der Waals surface area contributed by atoms with E-state index in [0.717, 1.165) is 5.56 Å². The van der Waals surface area contributed by atoms with Crippen LogP contribution in [0.5, 0.6) is 0 Å². The Kier molecular flexibility index (Phi) is 3.28. The Morgan fingerprint density at radius 3 is 3.00 bits per heavy atom. The SMILES string of the molecule is CCOC(=O)Nc1cc(C)c(N)cn1. The van der Waals surface area contributed by atoms with E-state index < -0.39 is 6.09 Å². The van der Waals surface area contributed by atoms with Crippen LogP contribution in [0.3, 0.4) is 0 Å². The number of aromatic nitrogens is 1. The fourth-order valence-electron chi connectivity index (χ4n) is 0.907. The lowest BCUT2D eigenvalue weighted by Gasteiger charge is -2.05. The fraction of sp³-hybridized carbons (Fsp3) is 0.333. The summed E-state index contributed by atoms with van der Waals surface area (Å²) in [5.74, 6) is 0.440.